The number of benzene rings is 1. The van der Waals surface area contributed by atoms with E-state index in [0.717, 1.165) is 11.0 Å². The van der Waals surface area contributed by atoms with Crippen molar-refractivity contribution in [3.05, 3.63) is 36.3 Å². The second kappa shape index (κ2) is 8.64. The standard InChI is InChI=1S/C24H34BN3O6S/c1-22(2,3)32-21(29)28-12-13-35(30,31)15-19(28)20-26-14-18(27-20)16-8-10-17(11-9-16)25-33-23(4,5)24(6,7)34-25/h8-11,14,19H,12-13,15H2,1-7H3,(H,26,27). The number of sulfone groups is 1. The van der Waals surface area contributed by atoms with Gasteiger partial charge in [-0.25, -0.2) is 18.2 Å². The summed E-state index contributed by atoms with van der Waals surface area (Å²) in [5, 5.41) is 0. The van der Waals surface area contributed by atoms with Crippen LogP contribution in [0.3, 0.4) is 0 Å². The molecule has 35 heavy (non-hydrogen) atoms. The number of amides is 1. The Hall–Kier alpha value is -2.37. The van der Waals surface area contributed by atoms with E-state index in [1.54, 1.807) is 27.0 Å². The molecule has 1 atom stereocenters. The highest BCUT2D eigenvalue weighted by molar-refractivity contribution is 7.91. The second-order valence-corrected chi connectivity index (χ2v) is 13.4. The van der Waals surface area contributed by atoms with Crippen molar-refractivity contribution in [1.82, 2.24) is 14.9 Å². The van der Waals surface area contributed by atoms with E-state index in [4.69, 9.17) is 14.0 Å². The number of rotatable bonds is 3. The minimum atomic E-state index is -3.32. The number of nitrogens with one attached hydrogen (secondary N) is 1. The fourth-order valence-electron chi connectivity index (χ4n) is 4.02. The topological polar surface area (TPSA) is 111 Å². The Morgan fingerprint density at radius 1 is 1.14 bits per heavy atom. The molecule has 1 amide bonds. The van der Waals surface area contributed by atoms with Gasteiger partial charge in [0.25, 0.3) is 0 Å². The van der Waals surface area contributed by atoms with Gasteiger partial charge in [-0.15, -0.1) is 0 Å². The molecule has 2 aliphatic heterocycles. The number of imidazole rings is 1. The Bertz CT molecular complexity index is 1180. The first-order valence-corrected chi connectivity index (χ1v) is 13.6. The number of nitrogens with zero attached hydrogens (tertiary/aromatic N) is 2. The molecular weight excluding hydrogens is 469 g/mol. The fourth-order valence-corrected chi connectivity index (χ4v) is 5.48. The number of H-pyrrole nitrogens is 1. The number of carbonyl (C=O) groups excluding carboxylic acids is 1. The summed E-state index contributed by atoms with van der Waals surface area (Å²) in [5.74, 6) is 0.0979. The van der Waals surface area contributed by atoms with Crippen molar-refractivity contribution in [2.75, 3.05) is 18.1 Å². The molecule has 9 nitrogen and oxygen atoms in total. The van der Waals surface area contributed by atoms with Crippen molar-refractivity contribution in [3.63, 3.8) is 0 Å². The van der Waals surface area contributed by atoms with E-state index in [2.05, 4.69) is 9.97 Å². The normalized spacial score (nSPS) is 23.3. The van der Waals surface area contributed by atoms with Crippen LogP contribution in [0.2, 0.25) is 0 Å². The van der Waals surface area contributed by atoms with Crippen LogP contribution < -0.4 is 5.46 Å². The average molecular weight is 503 g/mol. The minimum Gasteiger partial charge on any atom is -0.444 e. The van der Waals surface area contributed by atoms with Crippen LogP contribution in [-0.2, 0) is 23.9 Å². The van der Waals surface area contributed by atoms with Crippen LogP contribution in [0.1, 0.15) is 60.3 Å². The van der Waals surface area contributed by atoms with Gasteiger partial charge in [0.2, 0.25) is 0 Å². The summed E-state index contributed by atoms with van der Waals surface area (Å²) in [6.45, 7) is 13.4. The molecule has 4 rings (SSSR count). The SMILES string of the molecule is CC(C)(C)OC(=O)N1CCS(=O)(=O)CC1c1ncc(-c2ccc(B3OC(C)(C)C(C)(C)O3)cc2)[nH]1. The summed E-state index contributed by atoms with van der Waals surface area (Å²) < 4.78 is 42.5. The number of ether oxygens (including phenoxy) is 1. The Balaban J connectivity index is 1.55. The van der Waals surface area contributed by atoms with Crippen LogP contribution >= 0.6 is 0 Å². The zero-order chi connectivity index (χ0) is 25.8. The summed E-state index contributed by atoms with van der Waals surface area (Å²) in [6, 6.07) is 7.00. The van der Waals surface area contributed by atoms with Crippen LogP contribution in [0, 0.1) is 0 Å². The van der Waals surface area contributed by atoms with E-state index < -0.39 is 45.9 Å². The number of hydrogen-bond acceptors (Lipinski definition) is 7. The third kappa shape index (κ3) is 5.41. The number of carbonyl (C=O) groups is 1. The molecule has 0 spiro atoms. The number of aromatic amines is 1. The van der Waals surface area contributed by atoms with E-state index in [1.165, 1.54) is 4.90 Å². The number of aromatic nitrogens is 2. The van der Waals surface area contributed by atoms with E-state index >= 15 is 0 Å². The molecule has 1 unspecified atom stereocenters. The summed E-state index contributed by atoms with van der Waals surface area (Å²) in [4.78, 5) is 21.9. The van der Waals surface area contributed by atoms with Gasteiger partial charge in [0, 0.05) is 6.54 Å². The molecule has 0 saturated carbocycles. The van der Waals surface area contributed by atoms with Gasteiger partial charge in [0.1, 0.15) is 17.5 Å². The fraction of sp³-hybridized carbons (Fsp3) is 0.583. The van der Waals surface area contributed by atoms with Crippen molar-refractivity contribution >= 4 is 28.5 Å². The van der Waals surface area contributed by atoms with Gasteiger partial charge in [-0.3, -0.25) is 4.90 Å². The monoisotopic (exact) mass is 503 g/mol. The van der Waals surface area contributed by atoms with Gasteiger partial charge in [0.05, 0.1) is 34.6 Å². The van der Waals surface area contributed by atoms with Crippen LogP contribution in [0.25, 0.3) is 11.3 Å². The molecule has 0 bridgehead atoms. The molecule has 1 aromatic heterocycles. The maximum Gasteiger partial charge on any atom is 0.494 e. The average Bonchev–Trinajstić information content (AvgIpc) is 3.28. The van der Waals surface area contributed by atoms with Crippen molar-refractivity contribution < 1.29 is 27.3 Å². The smallest absolute Gasteiger partial charge is 0.444 e. The second-order valence-electron chi connectivity index (χ2n) is 11.2. The highest BCUT2D eigenvalue weighted by atomic mass is 32.2. The zero-order valence-corrected chi connectivity index (χ0v) is 22.2. The van der Waals surface area contributed by atoms with E-state index in [0.29, 0.717) is 11.5 Å². The molecule has 2 saturated heterocycles. The first kappa shape index (κ1) is 25.7. The predicted molar refractivity (Wildman–Crippen MR) is 134 cm³/mol. The molecule has 2 fully saturated rings. The Kier molecular flexibility index (Phi) is 6.35. The van der Waals surface area contributed by atoms with Crippen molar-refractivity contribution in [1.29, 1.82) is 0 Å². The predicted octanol–water partition coefficient (Wildman–Crippen LogP) is 3.08. The lowest BCUT2D eigenvalue weighted by Gasteiger charge is -2.35. The first-order valence-electron chi connectivity index (χ1n) is 11.8. The lowest BCUT2D eigenvalue weighted by atomic mass is 9.79. The van der Waals surface area contributed by atoms with Gasteiger partial charge in [0.15, 0.2) is 9.84 Å². The van der Waals surface area contributed by atoms with Crippen LogP contribution in [0.5, 0.6) is 0 Å². The van der Waals surface area contributed by atoms with Crippen molar-refractivity contribution in [2.45, 2.75) is 71.3 Å². The Labute approximate surface area is 207 Å². The molecule has 3 heterocycles. The molecule has 11 heteroatoms. The van der Waals surface area contributed by atoms with Crippen LogP contribution in [-0.4, -0.2) is 71.4 Å². The highest BCUT2D eigenvalue weighted by Crippen LogP contribution is 2.36. The summed E-state index contributed by atoms with van der Waals surface area (Å²) in [6.07, 6.45) is 1.09. The summed E-state index contributed by atoms with van der Waals surface area (Å²) in [7, 11) is -3.77. The molecule has 1 N–H and O–H groups in total. The lowest BCUT2D eigenvalue weighted by molar-refractivity contribution is 0.00578. The van der Waals surface area contributed by atoms with E-state index in [9.17, 15) is 13.2 Å². The lowest BCUT2D eigenvalue weighted by Crippen LogP contribution is -2.48. The third-order valence-corrected chi connectivity index (χ3v) is 8.35. The zero-order valence-electron chi connectivity index (χ0n) is 21.4. The first-order chi connectivity index (χ1) is 16.1. The van der Waals surface area contributed by atoms with Gasteiger partial charge < -0.3 is 19.0 Å². The Morgan fingerprint density at radius 3 is 2.31 bits per heavy atom. The quantitative estimate of drug-likeness (QED) is 0.641. The number of hydrogen-bond donors (Lipinski definition) is 1. The molecule has 0 aliphatic carbocycles. The van der Waals surface area contributed by atoms with Crippen LogP contribution in [0.4, 0.5) is 4.79 Å². The molecule has 2 aromatic rings. The van der Waals surface area contributed by atoms with Gasteiger partial charge in [-0.1, -0.05) is 24.3 Å². The largest absolute Gasteiger partial charge is 0.494 e. The van der Waals surface area contributed by atoms with Crippen LogP contribution in [0.15, 0.2) is 30.5 Å². The maximum atomic E-state index is 12.8. The molecule has 1 aromatic carbocycles. The summed E-state index contributed by atoms with van der Waals surface area (Å²) >= 11 is 0. The van der Waals surface area contributed by atoms with Gasteiger partial charge in [-0.2, -0.15) is 0 Å². The molecule has 190 valence electrons. The molecule has 0 radical (unpaired) electrons. The minimum absolute atomic E-state index is 0.0563. The highest BCUT2D eigenvalue weighted by Gasteiger charge is 2.51. The maximum absolute atomic E-state index is 12.8. The van der Waals surface area contributed by atoms with E-state index in [1.807, 2.05) is 52.0 Å². The van der Waals surface area contributed by atoms with Gasteiger partial charge >= 0.3 is 13.2 Å². The molecular formula is C24H34BN3O6S. The van der Waals surface area contributed by atoms with Crippen molar-refractivity contribution in [2.24, 2.45) is 0 Å². The van der Waals surface area contributed by atoms with E-state index in [-0.39, 0.29) is 18.1 Å². The summed E-state index contributed by atoms with van der Waals surface area (Å²) in [5.41, 5.74) is 0.954. The molecule has 2 aliphatic rings. The third-order valence-electron chi connectivity index (χ3n) is 6.72. The van der Waals surface area contributed by atoms with Gasteiger partial charge in [-0.05, 0) is 59.5 Å². The Morgan fingerprint density at radius 2 is 1.74 bits per heavy atom. The van der Waals surface area contributed by atoms with Crippen molar-refractivity contribution in [3.8, 4) is 11.3 Å².